The molecule has 5 heteroatoms. The minimum atomic E-state index is -0.210. The quantitative estimate of drug-likeness (QED) is 0.723. The second-order valence-electron chi connectivity index (χ2n) is 5.59. The Labute approximate surface area is 150 Å². The molecule has 3 rings (SSSR count). The zero-order chi connectivity index (χ0) is 17.6. The largest absolute Gasteiger partial charge is 0.340 e. The first-order valence-electron chi connectivity index (χ1n) is 7.90. The standard InChI is InChI=1S/C20H18N2O2S/c1-14(23)21-17-10-5-9-16(13-17)20(24)22-19(18-11-6-12-25-18)15-7-3-2-4-8-15/h2-13,19H,1H3,(H,21,23)(H,22,24). The van der Waals surface area contributed by atoms with Gasteiger partial charge in [-0.3, -0.25) is 9.59 Å². The van der Waals surface area contributed by atoms with Gasteiger partial charge in [-0.1, -0.05) is 42.5 Å². The van der Waals surface area contributed by atoms with E-state index in [1.54, 1.807) is 35.6 Å². The summed E-state index contributed by atoms with van der Waals surface area (Å²) in [4.78, 5) is 25.0. The van der Waals surface area contributed by atoms with Gasteiger partial charge in [0.15, 0.2) is 0 Å². The van der Waals surface area contributed by atoms with Crippen molar-refractivity contribution in [1.82, 2.24) is 5.32 Å². The average molecular weight is 350 g/mol. The lowest BCUT2D eigenvalue weighted by Gasteiger charge is -2.18. The van der Waals surface area contributed by atoms with Crippen molar-refractivity contribution in [3.8, 4) is 0 Å². The summed E-state index contributed by atoms with van der Waals surface area (Å²) < 4.78 is 0. The van der Waals surface area contributed by atoms with Gasteiger partial charge in [0.2, 0.25) is 5.91 Å². The zero-order valence-electron chi connectivity index (χ0n) is 13.7. The van der Waals surface area contributed by atoms with Crippen LogP contribution in [0.1, 0.15) is 33.8 Å². The Morgan fingerprint density at radius 2 is 1.76 bits per heavy atom. The number of hydrogen-bond donors (Lipinski definition) is 2. The Bertz CT molecular complexity index is 860. The summed E-state index contributed by atoms with van der Waals surface area (Å²) in [5.41, 5.74) is 2.13. The summed E-state index contributed by atoms with van der Waals surface area (Å²) >= 11 is 1.60. The Morgan fingerprint density at radius 1 is 0.960 bits per heavy atom. The maximum absolute atomic E-state index is 12.7. The van der Waals surface area contributed by atoms with E-state index < -0.39 is 0 Å². The van der Waals surface area contributed by atoms with Crippen LogP contribution in [0, 0.1) is 0 Å². The third kappa shape index (κ3) is 4.33. The molecule has 126 valence electrons. The Hall–Kier alpha value is -2.92. The molecule has 0 saturated heterocycles. The maximum atomic E-state index is 12.7. The molecule has 25 heavy (non-hydrogen) atoms. The van der Waals surface area contributed by atoms with Crippen molar-refractivity contribution in [2.75, 3.05) is 5.32 Å². The topological polar surface area (TPSA) is 58.2 Å². The summed E-state index contributed by atoms with van der Waals surface area (Å²) in [6.07, 6.45) is 0. The molecule has 2 aromatic carbocycles. The molecule has 1 aromatic heterocycles. The van der Waals surface area contributed by atoms with Gasteiger partial charge in [0.1, 0.15) is 0 Å². The third-order valence-corrected chi connectivity index (χ3v) is 4.62. The van der Waals surface area contributed by atoms with Gasteiger partial charge < -0.3 is 10.6 Å². The molecule has 0 bridgehead atoms. The molecule has 1 heterocycles. The predicted molar refractivity (Wildman–Crippen MR) is 101 cm³/mol. The first-order chi connectivity index (χ1) is 12.1. The van der Waals surface area contributed by atoms with Crippen LogP contribution >= 0.6 is 11.3 Å². The predicted octanol–water partition coefficient (Wildman–Crippen LogP) is 4.23. The lowest BCUT2D eigenvalue weighted by Crippen LogP contribution is -2.28. The summed E-state index contributed by atoms with van der Waals surface area (Å²) in [5, 5.41) is 7.78. The number of anilines is 1. The summed E-state index contributed by atoms with van der Waals surface area (Å²) in [5.74, 6) is -0.354. The molecule has 0 aliphatic rings. The first-order valence-corrected chi connectivity index (χ1v) is 8.78. The van der Waals surface area contributed by atoms with Gasteiger partial charge in [0.25, 0.3) is 5.91 Å². The summed E-state index contributed by atoms with van der Waals surface area (Å²) in [7, 11) is 0. The number of carbonyl (C=O) groups excluding carboxylic acids is 2. The molecule has 0 aliphatic heterocycles. The van der Waals surface area contributed by atoms with E-state index >= 15 is 0 Å². The molecular weight excluding hydrogens is 332 g/mol. The van der Waals surface area contributed by atoms with Crippen molar-refractivity contribution < 1.29 is 9.59 Å². The minimum Gasteiger partial charge on any atom is -0.340 e. The fourth-order valence-electron chi connectivity index (χ4n) is 2.58. The second-order valence-corrected chi connectivity index (χ2v) is 6.57. The number of nitrogens with one attached hydrogen (secondary N) is 2. The fourth-order valence-corrected chi connectivity index (χ4v) is 3.38. The highest BCUT2D eigenvalue weighted by Gasteiger charge is 2.18. The van der Waals surface area contributed by atoms with Crippen molar-refractivity contribution >= 4 is 28.8 Å². The van der Waals surface area contributed by atoms with Crippen LogP contribution in [0.15, 0.2) is 72.1 Å². The molecule has 4 nitrogen and oxygen atoms in total. The van der Waals surface area contributed by atoms with Crippen LogP contribution in [0.4, 0.5) is 5.69 Å². The zero-order valence-corrected chi connectivity index (χ0v) is 14.5. The molecule has 1 atom stereocenters. The molecule has 1 unspecified atom stereocenters. The van der Waals surface area contributed by atoms with Crippen LogP contribution in [0.2, 0.25) is 0 Å². The monoisotopic (exact) mass is 350 g/mol. The van der Waals surface area contributed by atoms with Gasteiger partial charge in [-0.05, 0) is 35.2 Å². The Kier molecular flexibility index (Phi) is 5.26. The molecule has 0 radical (unpaired) electrons. The van der Waals surface area contributed by atoms with Crippen molar-refractivity contribution in [1.29, 1.82) is 0 Å². The van der Waals surface area contributed by atoms with E-state index in [9.17, 15) is 9.59 Å². The maximum Gasteiger partial charge on any atom is 0.252 e. The van der Waals surface area contributed by atoms with Crippen LogP contribution in [0.25, 0.3) is 0 Å². The number of carbonyl (C=O) groups is 2. The molecule has 2 N–H and O–H groups in total. The minimum absolute atomic E-state index is 0.168. The molecular formula is C20H18N2O2S. The Morgan fingerprint density at radius 3 is 2.44 bits per heavy atom. The SMILES string of the molecule is CC(=O)Nc1cccc(C(=O)NC(c2ccccc2)c2cccs2)c1. The van der Waals surface area contributed by atoms with Crippen LogP contribution in [0.5, 0.6) is 0 Å². The molecule has 0 fully saturated rings. The third-order valence-electron chi connectivity index (χ3n) is 3.68. The number of rotatable bonds is 5. The van der Waals surface area contributed by atoms with Crippen LogP contribution in [-0.2, 0) is 4.79 Å². The van der Waals surface area contributed by atoms with Crippen molar-refractivity contribution in [2.45, 2.75) is 13.0 Å². The van der Waals surface area contributed by atoms with E-state index in [4.69, 9.17) is 0 Å². The lowest BCUT2D eigenvalue weighted by atomic mass is 10.0. The molecule has 0 spiro atoms. The van der Waals surface area contributed by atoms with Crippen molar-refractivity contribution in [2.24, 2.45) is 0 Å². The van der Waals surface area contributed by atoms with E-state index in [1.807, 2.05) is 47.8 Å². The summed E-state index contributed by atoms with van der Waals surface area (Å²) in [6, 6.07) is 20.6. The van der Waals surface area contributed by atoms with Gasteiger partial charge in [-0.25, -0.2) is 0 Å². The van der Waals surface area contributed by atoms with E-state index in [-0.39, 0.29) is 17.9 Å². The number of benzene rings is 2. The lowest BCUT2D eigenvalue weighted by molar-refractivity contribution is -0.114. The van der Waals surface area contributed by atoms with E-state index in [0.717, 1.165) is 10.4 Å². The normalized spacial score (nSPS) is 11.6. The number of thiophene rings is 1. The van der Waals surface area contributed by atoms with Gasteiger partial charge in [-0.15, -0.1) is 11.3 Å². The van der Waals surface area contributed by atoms with Gasteiger partial charge >= 0.3 is 0 Å². The number of amides is 2. The molecule has 0 aliphatic carbocycles. The highest BCUT2D eigenvalue weighted by atomic mass is 32.1. The van der Waals surface area contributed by atoms with E-state index in [1.165, 1.54) is 6.92 Å². The first kappa shape index (κ1) is 16.9. The van der Waals surface area contributed by atoms with Crippen LogP contribution in [-0.4, -0.2) is 11.8 Å². The van der Waals surface area contributed by atoms with Gasteiger partial charge in [0.05, 0.1) is 6.04 Å². The highest BCUT2D eigenvalue weighted by Crippen LogP contribution is 2.26. The molecule has 3 aromatic rings. The second kappa shape index (κ2) is 7.77. The van der Waals surface area contributed by atoms with E-state index in [0.29, 0.717) is 11.3 Å². The summed E-state index contributed by atoms with van der Waals surface area (Å²) in [6.45, 7) is 1.44. The number of hydrogen-bond acceptors (Lipinski definition) is 3. The molecule has 2 amide bonds. The van der Waals surface area contributed by atoms with Crippen molar-refractivity contribution in [3.05, 3.63) is 88.1 Å². The van der Waals surface area contributed by atoms with Crippen LogP contribution < -0.4 is 10.6 Å². The van der Waals surface area contributed by atoms with Crippen LogP contribution in [0.3, 0.4) is 0 Å². The average Bonchev–Trinajstić information content (AvgIpc) is 3.14. The fraction of sp³-hybridized carbons (Fsp3) is 0.100. The molecule has 0 saturated carbocycles. The van der Waals surface area contributed by atoms with E-state index in [2.05, 4.69) is 10.6 Å². The highest BCUT2D eigenvalue weighted by molar-refractivity contribution is 7.10. The van der Waals surface area contributed by atoms with Gasteiger partial charge in [-0.2, -0.15) is 0 Å². The van der Waals surface area contributed by atoms with Crippen molar-refractivity contribution in [3.63, 3.8) is 0 Å². The Balaban J connectivity index is 1.85. The van der Waals surface area contributed by atoms with Gasteiger partial charge in [0, 0.05) is 23.1 Å². The smallest absolute Gasteiger partial charge is 0.252 e.